The molecule has 0 saturated heterocycles. The van der Waals surface area contributed by atoms with E-state index in [-0.39, 0.29) is 11.7 Å². The zero-order valence-corrected chi connectivity index (χ0v) is 16.1. The van der Waals surface area contributed by atoms with Gasteiger partial charge in [-0.1, -0.05) is 29.5 Å². The second-order valence-electron chi connectivity index (χ2n) is 6.21. The van der Waals surface area contributed by atoms with Crippen LogP contribution in [0, 0.1) is 27.7 Å². The van der Waals surface area contributed by atoms with Crippen molar-refractivity contribution in [2.24, 2.45) is 0 Å². The summed E-state index contributed by atoms with van der Waals surface area (Å²) in [5.74, 6) is 0.914. The highest BCUT2D eigenvalue weighted by atomic mass is 32.2. The molecular formula is C19H21N5OS. The van der Waals surface area contributed by atoms with Gasteiger partial charge in [-0.25, -0.2) is 14.6 Å². The minimum Gasteiger partial charge on any atom is -0.325 e. The van der Waals surface area contributed by atoms with Gasteiger partial charge in [0, 0.05) is 17.4 Å². The predicted octanol–water partition coefficient (Wildman–Crippen LogP) is 3.63. The van der Waals surface area contributed by atoms with Crippen molar-refractivity contribution in [3.63, 3.8) is 0 Å². The molecule has 7 heteroatoms. The molecule has 0 aliphatic heterocycles. The number of hydrogen-bond donors (Lipinski definition) is 1. The van der Waals surface area contributed by atoms with Crippen LogP contribution in [0.3, 0.4) is 0 Å². The molecule has 1 amide bonds. The van der Waals surface area contributed by atoms with Crippen LogP contribution >= 0.6 is 11.8 Å². The molecule has 2 aromatic heterocycles. The molecule has 0 spiro atoms. The number of rotatable bonds is 5. The summed E-state index contributed by atoms with van der Waals surface area (Å²) >= 11 is 1.37. The van der Waals surface area contributed by atoms with E-state index in [1.165, 1.54) is 23.7 Å². The Morgan fingerprint density at radius 2 is 1.92 bits per heavy atom. The third-order valence-electron chi connectivity index (χ3n) is 3.86. The monoisotopic (exact) mass is 367 g/mol. The van der Waals surface area contributed by atoms with Gasteiger partial charge in [0.15, 0.2) is 5.82 Å². The maximum absolute atomic E-state index is 12.2. The number of nitrogens with zero attached hydrogens (tertiary/aromatic N) is 4. The number of amides is 1. The lowest BCUT2D eigenvalue weighted by atomic mass is 10.1. The Bertz CT molecular complexity index is 951. The molecule has 1 aromatic carbocycles. The van der Waals surface area contributed by atoms with Gasteiger partial charge in [0.05, 0.1) is 11.4 Å². The average molecular weight is 367 g/mol. The number of aromatic nitrogens is 4. The summed E-state index contributed by atoms with van der Waals surface area (Å²) in [6, 6.07) is 9.80. The molecule has 0 fully saturated rings. The van der Waals surface area contributed by atoms with Crippen LogP contribution < -0.4 is 5.32 Å². The fourth-order valence-electron chi connectivity index (χ4n) is 2.67. The summed E-state index contributed by atoms with van der Waals surface area (Å²) in [4.78, 5) is 20.8. The molecule has 0 radical (unpaired) electrons. The Balaban J connectivity index is 1.65. The van der Waals surface area contributed by atoms with E-state index in [0.717, 1.165) is 27.7 Å². The topological polar surface area (TPSA) is 72.7 Å². The molecule has 26 heavy (non-hydrogen) atoms. The van der Waals surface area contributed by atoms with E-state index in [0.29, 0.717) is 5.82 Å². The highest BCUT2D eigenvalue weighted by Gasteiger charge is 2.09. The second kappa shape index (κ2) is 7.70. The van der Waals surface area contributed by atoms with E-state index >= 15 is 0 Å². The van der Waals surface area contributed by atoms with Crippen LogP contribution in [0.4, 0.5) is 5.69 Å². The van der Waals surface area contributed by atoms with Crippen LogP contribution in [-0.4, -0.2) is 31.4 Å². The number of benzene rings is 1. The van der Waals surface area contributed by atoms with Crippen molar-refractivity contribution >= 4 is 23.4 Å². The average Bonchev–Trinajstić information content (AvgIpc) is 2.94. The Kier molecular flexibility index (Phi) is 5.37. The van der Waals surface area contributed by atoms with Gasteiger partial charge in [0.2, 0.25) is 5.91 Å². The van der Waals surface area contributed by atoms with Gasteiger partial charge < -0.3 is 5.32 Å². The lowest BCUT2D eigenvalue weighted by Gasteiger charge is -2.09. The zero-order valence-electron chi connectivity index (χ0n) is 15.3. The van der Waals surface area contributed by atoms with Crippen LogP contribution in [0.15, 0.2) is 41.7 Å². The van der Waals surface area contributed by atoms with E-state index in [1.54, 1.807) is 4.68 Å². The van der Waals surface area contributed by atoms with Gasteiger partial charge in [-0.05, 0) is 45.4 Å². The Morgan fingerprint density at radius 1 is 1.12 bits per heavy atom. The molecule has 0 unspecified atom stereocenters. The second-order valence-corrected chi connectivity index (χ2v) is 7.20. The van der Waals surface area contributed by atoms with E-state index in [2.05, 4.69) is 20.4 Å². The van der Waals surface area contributed by atoms with E-state index in [9.17, 15) is 4.79 Å². The Morgan fingerprint density at radius 3 is 2.62 bits per heavy atom. The number of carbonyl (C=O) groups excluding carboxylic acids is 1. The van der Waals surface area contributed by atoms with E-state index < -0.39 is 0 Å². The molecule has 6 nitrogen and oxygen atoms in total. The summed E-state index contributed by atoms with van der Waals surface area (Å²) in [6.45, 7) is 7.94. The van der Waals surface area contributed by atoms with Crippen LogP contribution in [-0.2, 0) is 4.79 Å². The smallest absolute Gasteiger partial charge is 0.234 e. The lowest BCUT2D eigenvalue weighted by molar-refractivity contribution is -0.113. The number of anilines is 1. The van der Waals surface area contributed by atoms with Crippen molar-refractivity contribution in [3.05, 3.63) is 59.2 Å². The molecule has 3 rings (SSSR count). The number of hydrogen-bond acceptors (Lipinski definition) is 5. The first-order valence-corrected chi connectivity index (χ1v) is 9.26. The van der Waals surface area contributed by atoms with E-state index in [1.807, 2.05) is 58.0 Å². The molecular weight excluding hydrogens is 346 g/mol. The number of carbonyl (C=O) groups is 1. The van der Waals surface area contributed by atoms with Gasteiger partial charge in [0.1, 0.15) is 11.4 Å². The van der Waals surface area contributed by atoms with Gasteiger partial charge >= 0.3 is 0 Å². The summed E-state index contributed by atoms with van der Waals surface area (Å²) in [6.07, 6.45) is 1.50. The Hall–Kier alpha value is -2.67. The molecule has 3 aromatic rings. The number of aryl methyl sites for hydroxylation is 4. The highest BCUT2D eigenvalue weighted by Crippen LogP contribution is 2.20. The molecule has 0 atom stereocenters. The first-order chi connectivity index (χ1) is 12.4. The maximum Gasteiger partial charge on any atom is 0.234 e. The zero-order chi connectivity index (χ0) is 18.7. The maximum atomic E-state index is 12.2. The van der Waals surface area contributed by atoms with E-state index in [4.69, 9.17) is 0 Å². The normalized spacial score (nSPS) is 10.8. The van der Waals surface area contributed by atoms with Crippen molar-refractivity contribution < 1.29 is 4.79 Å². The summed E-state index contributed by atoms with van der Waals surface area (Å²) < 4.78 is 1.77. The summed E-state index contributed by atoms with van der Waals surface area (Å²) in [7, 11) is 0. The van der Waals surface area contributed by atoms with Crippen molar-refractivity contribution in [1.29, 1.82) is 0 Å². The lowest BCUT2D eigenvalue weighted by Crippen LogP contribution is -2.15. The quantitative estimate of drug-likeness (QED) is 0.551. The highest BCUT2D eigenvalue weighted by molar-refractivity contribution is 7.99. The van der Waals surface area contributed by atoms with Crippen LogP contribution in [0.1, 0.15) is 22.5 Å². The third kappa shape index (κ3) is 4.29. The predicted molar refractivity (Wildman–Crippen MR) is 104 cm³/mol. The minimum absolute atomic E-state index is 0.0618. The number of nitrogens with one attached hydrogen (secondary N) is 1. The molecule has 2 heterocycles. The SMILES string of the molecule is Cc1ccc(NC(=O)CSc2cc(-n3nc(C)cc3C)ncn2)c(C)c1. The largest absolute Gasteiger partial charge is 0.325 e. The first-order valence-electron chi connectivity index (χ1n) is 8.28. The van der Waals surface area contributed by atoms with Crippen LogP contribution in [0.25, 0.3) is 5.82 Å². The first kappa shape index (κ1) is 18.1. The van der Waals surface area contributed by atoms with Crippen molar-refractivity contribution in [3.8, 4) is 5.82 Å². The van der Waals surface area contributed by atoms with Crippen molar-refractivity contribution in [1.82, 2.24) is 19.7 Å². The minimum atomic E-state index is -0.0618. The van der Waals surface area contributed by atoms with Crippen molar-refractivity contribution in [2.45, 2.75) is 32.7 Å². The molecule has 0 saturated carbocycles. The fraction of sp³-hybridized carbons (Fsp3) is 0.263. The van der Waals surface area contributed by atoms with Gasteiger partial charge in [-0.2, -0.15) is 5.10 Å². The van der Waals surface area contributed by atoms with Crippen molar-refractivity contribution in [2.75, 3.05) is 11.1 Å². The number of thioether (sulfide) groups is 1. The van der Waals surface area contributed by atoms with Gasteiger partial charge in [-0.15, -0.1) is 0 Å². The van der Waals surface area contributed by atoms with Gasteiger partial charge in [0.25, 0.3) is 0 Å². The third-order valence-corrected chi connectivity index (χ3v) is 4.79. The van der Waals surface area contributed by atoms with Crippen LogP contribution in [0.2, 0.25) is 0 Å². The molecule has 134 valence electrons. The Labute approximate surface area is 157 Å². The summed E-state index contributed by atoms with van der Waals surface area (Å²) in [5, 5.41) is 8.11. The molecule has 1 N–H and O–H groups in total. The van der Waals surface area contributed by atoms with Gasteiger partial charge in [-0.3, -0.25) is 4.79 Å². The molecule has 0 aliphatic rings. The molecule has 0 bridgehead atoms. The fourth-order valence-corrected chi connectivity index (χ4v) is 3.33. The summed E-state index contributed by atoms with van der Waals surface area (Å²) in [5.41, 5.74) is 5.00. The van der Waals surface area contributed by atoms with Crippen LogP contribution in [0.5, 0.6) is 0 Å². The molecule has 0 aliphatic carbocycles. The standard InChI is InChI=1S/C19H21N5OS/c1-12-5-6-16(13(2)7-12)22-18(25)10-26-19-9-17(20-11-21-19)24-15(4)8-14(3)23-24/h5-9,11H,10H2,1-4H3,(H,22,25).